The van der Waals surface area contributed by atoms with Crippen LogP contribution in [0, 0.1) is 18.1 Å². The van der Waals surface area contributed by atoms with Crippen molar-refractivity contribution in [2.24, 2.45) is 5.92 Å². The second kappa shape index (κ2) is 12.5. The van der Waals surface area contributed by atoms with Crippen LogP contribution in [0.25, 0.3) is 0 Å². The Morgan fingerprint density at radius 2 is 1.72 bits per heavy atom. The first kappa shape index (κ1) is 20.7. The summed E-state index contributed by atoms with van der Waals surface area (Å²) in [5, 5.41) is 0. The second-order valence-corrected chi connectivity index (χ2v) is 4.22. The third kappa shape index (κ3) is 7.12. The Balaban J connectivity index is 0. The van der Waals surface area contributed by atoms with E-state index in [0.717, 1.165) is 18.8 Å². The van der Waals surface area contributed by atoms with Crippen molar-refractivity contribution in [3.05, 3.63) is 48.1 Å². The van der Waals surface area contributed by atoms with Gasteiger partial charge in [-0.2, -0.15) is 12.2 Å². The molecule has 0 N–H and O–H groups in total. The quantitative estimate of drug-likeness (QED) is 0.483. The van der Waals surface area contributed by atoms with Gasteiger partial charge < -0.3 is 24.8 Å². The SMILES string of the molecule is [C-]1=C(C2CCCC2)C=CC1.[C-]1=CC=CC1.[Cl-].[Cl-].[Zr+2]. The van der Waals surface area contributed by atoms with E-state index in [1.54, 1.807) is 0 Å². The molecule has 0 nitrogen and oxygen atoms in total. The minimum atomic E-state index is 0. The molecule has 18 heavy (non-hydrogen) atoms. The van der Waals surface area contributed by atoms with E-state index in [9.17, 15) is 0 Å². The van der Waals surface area contributed by atoms with Gasteiger partial charge in [-0.25, -0.2) is 23.8 Å². The zero-order chi connectivity index (χ0) is 10.3. The summed E-state index contributed by atoms with van der Waals surface area (Å²) < 4.78 is 0. The monoisotopic (exact) mass is 358 g/mol. The predicted molar refractivity (Wildman–Crippen MR) is 64.0 cm³/mol. The second-order valence-electron chi connectivity index (χ2n) is 4.22. The van der Waals surface area contributed by atoms with E-state index in [4.69, 9.17) is 0 Å². The molecule has 0 bridgehead atoms. The summed E-state index contributed by atoms with van der Waals surface area (Å²) in [5.41, 5.74) is 1.50. The summed E-state index contributed by atoms with van der Waals surface area (Å²) in [5.74, 6) is 0.874. The van der Waals surface area contributed by atoms with E-state index in [2.05, 4.69) is 30.4 Å². The van der Waals surface area contributed by atoms with Gasteiger partial charge in [-0.05, 0) is 18.8 Å². The van der Waals surface area contributed by atoms with Crippen LogP contribution < -0.4 is 24.8 Å². The van der Waals surface area contributed by atoms with E-state index in [1.807, 2.05) is 12.2 Å². The van der Waals surface area contributed by atoms with Gasteiger partial charge in [0.25, 0.3) is 0 Å². The van der Waals surface area contributed by atoms with Crippen molar-refractivity contribution in [2.45, 2.75) is 38.5 Å². The maximum Gasteiger partial charge on any atom is 2.00 e. The van der Waals surface area contributed by atoms with E-state index in [1.165, 1.54) is 31.3 Å². The molecule has 1 saturated carbocycles. The summed E-state index contributed by atoms with van der Waals surface area (Å²) in [6.45, 7) is 0. The zero-order valence-corrected chi connectivity index (χ0v) is 14.4. The van der Waals surface area contributed by atoms with Gasteiger partial charge in [-0.3, -0.25) is 12.2 Å². The minimum absolute atomic E-state index is 0. The Bertz CT molecular complexity index is 300. The van der Waals surface area contributed by atoms with Gasteiger partial charge in [0.05, 0.1) is 0 Å². The summed E-state index contributed by atoms with van der Waals surface area (Å²) in [6.07, 6.45) is 24.6. The van der Waals surface area contributed by atoms with Crippen molar-refractivity contribution in [3.8, 4) is 0 Å². The van der Waals surface area contributed by atoms with Crippen molar-refractivity contribution >= 4 is 0 Å². The van der Waals surface area contributed by atoms with Gasteiger partial charge in [0, 0.05) is 0 Å². The molecular weight excluding hydrogens is 342 g/mol. The Morgan fingerprint density at radius 1 is 1.00 bits per heavy atom. The molecule has 0 saturated heterocycles. The molecule has 0 atom stereocenters. The molecule has 3 aliphatic rings. The molecule has 0 aromatic carbocycles. The fourth-order valence-electron chi connectivity index (χ4n) is 2.28. The van der Waals surface area contributed by atoms with Crippen molar-refractivity contribution in [3.63, 3.8) is 0 Å². The molecule has 0 spiro atoms. The topological polar surface area (TPSA) is 0 Å². The van der Waals surface area contributed by atoms with Crippen LogP contribution in [0.5, 0.6) is 0 Å². The number of allylic oxidation sites excluding steroid dienone is 8. The van der Waals surface area contributed by atoms with E-state index in [0.29, 0.717) is 0 Å². The smallest absolute Gasteiger partial charge is 1.00 e. The number of halogens is 2. The van der Waals surface area contributed by atoms with Gasteiger partial charge in [0.2, 0.25) is 0 Å². The van der Waals surface area contributed by atoms with Gasteiger partial charge >= 0.3 is 26.2 Å². The molecule has 0 radical (unpaired) electrons. The van der Waals surface area contributed by atoms with E-state index in [-0.39, 0.29) is 51.0 Å². The molecule has 0 unspecified atom stereocenters. The Labute approximate surface area is 143 Å². The fourth-order valence-corrected chi connectivity index (χ4v) is 2.28. The summed E-state index contributed by atoms with van der Waals surface area (Å²) in [4.78, 5) is 0. The summed E-state index contributed by atoms with van der Waals surface area (Å²) >= 11 is 0. The fraction of sp³-hybridized carbons (Fsp3) is 0.467. The van der Waals surface area contributed by atoms with Crippen LogP contribution in [0.3, 0.4) is 0 Å². The molecule has 3 heteroatoms. The first-order valence-corrected chi connectivity index (χ1v) is 5.96. The summed E-state index contributed by atoms with van der Waals surface area (Å²) in [6, 6.07) is 0. The van der Waals surface area contributed by atoms with Gasteiger partial charge in [-0.1, -0.05) is 12.8 Å². The molecule has 3 rings (SSSR count). The molecule has 1 fully saturated rings. The van der Waals surface area contributed by atoms with Crippen molar-refractivity contribution < 1.29 is 51.0 Å². The number of hydrogen-bond acceptors (Lipinski definition) is 0. The average Bonchev–Trinajstić information content (AvgIpc) is 3.06. The first-order valence-electron chi connectivity index (χ1n) is 5.96. The normalized spacial score (nSPS) is 19.2. The van der Waals surface area contributed by atoms with Crippen molar-refractivity contribution in [2.75, 3.05) is 0 Å². The zero-order valence-electron chi connectivity index (χ0n) is 10.5. The maximum atomic E-state index is 3.40. The van der Waals surface area contributed by atoms with Crippen LogP contribution in [0.15, 0.2) is 36.0 Å². The molecular formula is C15H18Cl2Zr-2. The van der Waals surface area contributed by atoms with Crippen LogP contribution >= 0.6 is 0 Å². The van der Waals surface area contributed by atoms with Crippen molar-refractivity contribution in [1.29, 1.82) is 0 Å². The Morgan fingerprint density at radius 3 is 2.11 bits per heavy atom. The van der Waals surface area contributed by atoms with Crippen LogP contribution in [0.2, 0.25) is 0 Å². The molecule has 0 aromatic heterocycles. The summed E-state index contributed by atoms with van der Waals surface area (Å²) in [7, 11) is 0. The minimum Gasteiger partial charge on any atom is -1.00 e. The third-order valence-corrected chi connectivity index (χ3v) is 3.10. The molecule has 0 amide bonds. The van der Waals surface area contributed by atoms with E-state index < -0.39 is 0 Å². The molecule has 0 aliphatic heterocycles. The Kier molecular flexibility index (Phi) is 14.3. The van der Waals surface area contributed by atoms with E-state index >= 15 is 0 Å². The van der Waals surface area contributed by atoms with Crippen LogP contribution in [-0.2, 0) is 26.2 Å². The van der Waals surface area contributed by atoms with Crippen LogP contribution in [-0.4, -0.2) is 0 Å². The van der Waals surface area contributed by atoms with Gasteiger partial charge in [0.1, 0.15) is 0 Å². The standard InChI is InChI=1S/C10H13.C5H5.2ClH.Zr/c1-2-6-9(5-1)10-7-3-4-8-10;1-2-4-5-3-1;;;/h1,5,10H,2-4,7-8H2;1-3H,4H2;2*1H;/q2*-1;;;+2/p-2. The maximum absolute atomic E-state index is 3.40. The Hall–Kier alpha value is 0.423. The third-order valence-electron chi connectivity index (χ3n) is 3.10. The average molecular weight is 360 g/mol. The number of rotatable bonds is 1. The predicted octanol–water partition coefficient (Wildman–Crippen LogP) is -1.82. The molecule has 3 aliphatic carbocycles. The van der Waals surface area contributed by atoms with Gasteiger partial charge in [-0.15, -0.1) is 12.8 Å². The first-order chi connectivity index (χ1) is 7.47. The van der Waals surface area contributed by atoms with Crippen LogP contribution in [0.4, 0.5) is 0 Å². The molecule has 0 aromatic rings. The van der Waals surface area contributed by atoms with Crippen LogP contribution in [0.1, 0.15) is 38.5 Å². The molecule has 0 heterocycles. The number of hydrogen-bond donors (Lipinski definition) is 0. The largest absolute Gasteiger partial charge is 2.00 e. The molecule has 98 valence electrons. The van der Waals surface area contributed by atoms with Crippen molar-refractivity contribution in [1.82, 2.24) is 0 Å². The van der Waals surface area contributed by atoms with Gasteiger partial charge in [0.15, 0.2) is 0 Å².